The van der Waals surface area contributed by atoms with Crippen LogP contribution in [0.4, 0.5) is 11.4 Å². The molecule has 4 heteroatoms. The maximum atomic E-state index is 5.21. The van der Waals surface area contributed by atoms with Crippen LogP contribution in [0.25, 0.3) is 10.8 Å². The van der Waals surface area contributed by atoms with E-state index in [0.717, 1.165) is 17.1 Å². The highest BCUT2D eigenvalue weighted by Crippen LogP contribution is 2.46. The predicted octanol–water partition coefficient (Wildman–Crippen LogP) is 8.02. The second kappa shape index (κ2) is 8.33. The molecule has 0 saturated heterocycles. The average Bonchev–Trinajstić information content (AvgIpc) is 3.37. The summed E-state index contributed by atoms with van der Waals surface area (Å²) in [6.45, 7) is 0. The second-order valence-corrected chi connectivity index (χ2v) is 10.1. The zero-order valence-corrected chi connectivity index (χ0v) is 19.8. The van der Waals surface area contributed by atoms with E-state index in [4.69, 9.17) is 4.99 Å². The summed E-state index contributed by atoms with van der Waals surface area (Å²) in [6.07, 6.45) is 0. The van der Waals surface area contributed by atoms with Crippen LogP contribution in [0, 0.1) is 0 Å². The summed E-state index contributed by atoms with van der Waals surface area (Å²) in [4.78, 5) is 6.51. The molecule has 5 aromatic carbocycles. The van der Waals surface area contributed by atoms with Gasteiger partial charge in [0.2, 0.25) is 0 Å². The van der Waals surface area contributed by atoms with Crippen LogP contribution in [-0.4, -0.2) is 5.84 Å². The van der Waals surface area contributed by atoms with Crippen LogP contribution < -0.4 is 10.6 Å². The van der Waals surface area contributed by atoms with E-state index >= 15 is 0 Å². The first-order valence-electron chi connectivity index (χ1n) is 11.9. The third kappa shape index (κ3) is 3.58. The number of aliphatic imine (C=N–C) groups is 1. The number of nitrogens with one attached hydrogen (secondary N) is 2. The molecule has 0 spiro atoms. The Morgan fingerprint density at radius 1 is 0.657 bits per heavy atom. The zero-order valence-electron chi connectivity index (χ0n) is 19.0. The van der Waals surface area contributed by atoms with Crippen molar-refractivity contribution in [2.45, 2.75) is 16.3 Å². The normalized spacial score (nSPS) is 18.2. The fraction of sp³-hybridized carbons (Fsp3) is 0.0645. The van der Waals surface area contributed by atoms with Crippen molar-refractivity contribution in [3.8, 4) is 0 Å². The lowest BCUT2D eigenvalue weighted by Gasteiger charge is -2.27. The van der Waals surface area contributed by atoms with Crippen molar-refractivity contribution in [3.63, 3.8) is 0 Å². The van der Waals surface area contributed by atoms with Crippen molar-refractivity contribution in [3.05, 3.63) is 138 Å². The van der Waals surface area contributed by atoms with Crippen LogP contribution in [-0.2, 0) is 0 Å². The van der Waals surface area contributed by atoms with E-state index in [1.54, 1.807) is 0 Å². The second-order valence-electron chi connectivity index (χ2n) is 8.93. The van der Waals surface area contributed by atoms with Crippen molar-refractivity contribution >= 4 is 39.7 Å². The van der Waals surface area contributed by atoms with Crippen molar-refractivity contribution in [1.82, 2.24) is 0 Å². The van der Waals surface area contributed by atoms with Gasteiger partial charge in [-0.25, -0.2) is 0 Å². The fourth-order valence-corrected chi connectivity index (χ4v) is 6.14. The molecule has 0 aliphatic carbocycles. The number of benzene rings is 5. The van der Waals surface area contributed by atoms with Crippen LogP contribution in [0.15, 0.2) is 125 Å². The highest BCUT2D eigenvalue weighted by molar-refractivity contribution is 8.00. The van der Waals surface area contributed by atoms with Crippen LogP contribution in [0.3, 0.4) is 0 Å². The summed E-state index contributed by atoms with van der Waals surface area (Å²) < 4.78 is 0. The van der Waals surface area contributed by atoms with Gasteiger partial charge in [0.1, 0.15) is 17.3 Å². The first-order chi connectivity index (χ1) is 17.3. The van der Waals surface area contributed by atoms with E-state index in [1.165, 1.54) is 38.0 Å². The maximum Gasteiger partial charge on any atom is 0.133 e. The number of hydrogen-bond donors (Lipinski definition) is 2. The zero-order chi connectivity index (χ0) is 23.2. The Kier molecular flexibility index (Phi) is 4.85. The molecule has 168 valence electrons. The molecular formula is C31H23N3S. The van der Waals surface area contributed by atoms with E-state index in [1.807, 2.05) is 11.8 Å². The van der Waals surface area contributed by atoms with Gasteiger partial charge in [0, 0.05) is 27.1 Å². The third-order valence-corrected chi connectivity index (χ3v) is 8.01. The van der Waals surface area contributed by atoms with Gasteiger partial charge in [0.25, 0.3) is 0 Å². The molecule has 0 aromatic heterocycles. The minimum absolute atomic E-state index is 0.0479. The number of rotatable bonds is 3. The van der Waals surface area contributed by atoms with Crippen molar-refractivity contribution in [2.24, 2.45) is 4.99 Å². The van der Waals surface area contributed by atoms with E-state index in [9.17, 15) is 0 Å². The molecule has 2 aliphatic heterocycles. The molecule has 35 heavy (non-hydrogen) atoms. The Morgan fingerprint density at radius 3 is 2.29 bits per heavy atom. The van der Waals surface area contributed by atoms with Gasteiger partial charge in [0.15, 0.2) is 0 Å². The number of thioether (sulfide) groups is 1. The first-order valence-corrected chi connectivity index (χ1v) is 12.8. The van der Waals surface area contributed by atoms with Gasteiger partial charge in [-0.2, -0.15) is 0 Å². The number of para-hydroxylation sites is 1. The molecule has 0 amide bonds. The molecule has 7 rings (SSSR count). The average molecular weight is 470 g/mol. The lowest BCUT2D eigenvalue weighted by atomic mass is 9.92. The molecule has 0 bridgehead atoms. The molecule has 0 saturated carbocycles. The fourth-order valence-electron chi connectivity index (χ4n) is 4.99. The number of anilines is 2. The highest BCUT2D eigenvalue weighted by Gasteiger charge is 2.26. The minimum Gasteiger partial charge on any atom is -0.368 e. The van der Waals surface area contributed by atoms with E-state index < -0.39 is 0 Å². The summed E-state index contributed by atoms with van der Waals surface area (Å²) in [6, 6.07) is 40.8. The number of fused-ring (bicyclic) bond motifs is 4. The molecule has 2 aliphatic rings. The van der Waals surface area contributed by atoms with Gasteiger partial charge in [-0.3, -0.25) is 4.99 Å². The Bertz CT molecular complexity index is 1550. The standard InChI is InChI=1S/C31H23N3S/c1-2-9-21(10-3-1)28-25-19-18-20-8-4-5-11-24(20)29(25)34-30(33-28)22-14-16-23(17-15-22)31-32-26-12-6-7-13-27(26)35-31/h1-19,28,31-32H,(H,33,34). The lowest BCUT2D eigenvalue weighted by Crippen LogP contribution is -2.22. The summed E-state index contributed by atoms with van der Waals surface area (Å²) in [5.74, 6) is 0.907. The third-order valence-electron chi connectivity index (χ3n) is 6.78. The smallest absolute Gasteiger partial charge is 0.133 e. The largest absolute Gasteiger partial charge is 0.368 e. The van der Waals surface area contributed by atoms with Gasteiger partial charge in [-0.05, 0) is 28.6 Å². The van der Waals surface area contributed by atoms with Crippen LogP contribution >= 0.6 is 11.8 Å². The Hall–Kier alpha value is -4.02. The Labute approximate surface area is 208 Å². The molecule has 2 heterocycles. The minimum atomic E-state index is -0.0479. The Morgan fingerprint density at radius 2 is 1.43 bits per heavy atom. The molecule has 2 unspecified atom stereocenters. The van der Waals surface area contributed by atoms with E-state index in [2.05, 4.69) is 126 Å². The van der Waals surface area contributed by atoms with Crippen LogP contribution in [0.1, 0.15) is 33.7 Å². The Balaban J connectivity index is 1.27. The van der Waals surface area contributed by atoms with Gasteiger partial charge in [-0.15, -0.1) is 0 Å². The van der Waals surface area contributed by atoms with Crippen LogP contribution in [0.5, 0.6) is 0 Å². The van der Waals surface area contributed by atoms with E-state index in [-0.39, 0.29) is 11.4 Å². The molecule has 0 fully saturated rings. The van der Waals surface area contributed by atoms with Crippen molar-refractivity contribution in [1.29, 1.82) is 0 Å². The summed E-state index contributed by atoms with van der Waals surface area (Å²) >= 11 is 1.86. The van der Waals surface area contributed by atoms with Crippen molar-refractivity contribution < 1.29 is 0 Å². The topological polar surface area (TPSA) is 36.4 Å². The number of amidine groups is 1. The monoisotopic (exact) mass is 469 g/mol. The van der Waals surface area contributed by atoms with E-state index in [0.29, 0.717) is 0 Å². The van der Waals surface area contributed by atoms with Crippen LogP contribution in [0.2, 0.25) is 0 Å². The molecule has 2 atom stereocenters. The molecule has 2 N–H and O–H groups in total. The first kappa shape index (κ1) is 20.4. The number of nitrogens with zero attached hydrogens (tertiary/aromatic N) is 1. The van der Waals surface area contributed by atoms with Gasteiger partial charge < -0.3 is 10.6 Å². The number of hydrogen-bond acceptors (Lipinski definition) is 4. The molecule has 5 aromatic rings. The van der Waals surface area contributed by atoms with Gasteiger partial charge >= 0.3 is 0 Å². The summed E-state index contributed by atoms with van der Waals surface area (Å²) in [5.41, 5.74) is 7.11. The summed E-state index contributed by atoms with van der Waals surface area (Å²) in [5, 5.41) is 9.99. The lowest BCUT2D eigenvalue weighted by molar-refractivity contribution is 0.865. The van der Waals surface area contributed by atoms with Crippen molar-refractivity contribution in [2.75, 3.05) is 10.6 Å². The maximum absolute atomic E-state index is 5.21. The highest BCUT2D eigenvalue weighted by atomic mass is 32.2. The van der Waals surface area contributed by atoms with Gasteiger partial charge in [-0.1, -0.05) is 115 Å². The predicted molar refractivity (Wildman–Crippen MR) is 147 cm³/mol. The molecule has 3 nitrogen and oxygen atoms in total. The quantitative estimate of drug-likeness (QED) is 0.281. The molecule has 0 radical (unpaired) electrons. The summed E-state index contributed by atoms with van der Waals surface area (Å²) in [7, 11) is 0. The van der Waals surface area contributed by atoms with Gasteiger partial charge in [0.05, 0.1) is 5.69 Å². The SMILES string of the molecule is c1ccc(C2N=C(c3ccc(C4Nc5ccccc5S4)cc3)Nc3c2ccc2ccccc32)cc1. The molecular weight excluding hydrogens is 446 g/mol.